The molecule has 3 nitrogen and oxygen atoms in total. The fourth-order valence-corrected chi connectivity index (χ4v) is 1.94. The number of ether oxygens (including phenoxy) is 1. The van der Waals surface area contributed by atoms with Gasteiger partial charge in [-0.25, -0.2) is 0 Å². The Morgan fingerprint density at radius 2 is 2.22 bits per heavy atom. The molecule has 0 radical (unpaired) electrons. The molecular weight excluding hydrogens is 224 g/mol. The van der Waals surface area contributed by atoms with Crippen LogP contribution in [0.2, 0.25) is 0 Å². The minimum Gasteiger partial charge on any atom is -0.493 e. The van der Waals surface area contributed by atoms with Gasteiger partial charge in [-0.05, 0) is 30.9 Å². The van der Waals surface area contributed by atoms with Crippen molar-refractivity contribution in [1.82, 2.24) is 5.32 Å². The van der Waals surface area contributed by atoms with Gasteiger partial charge in [0, 0.05) is 12.5 Å². The van der Waals surface area contributed by atoms with E-state index in [1.165, 1.54) is 18.4 Å². The quantitative estimate of drug-likeness (QED) is 0.802. The number of aryl methyl sites for hydroxylation is 1. The van der Waals surface area contributed by atoms with E-state index in [1.54, 1.807) is 0 Å². The van der Waals surface area contributed by atoms with Crippen LogP contribution >= 0.6 is 0 Å². The summed E-state index contributed by atoms with van der Waals surface area (Å²) in [6, 6.07) is 10.9. The van der Waals surface area contributed by atoms with Crippen molar-refractivity contribution in [3.63, 3.8) is 0 Å². The summed E-state index contributed by atoms with van der Waals surface area (Å²) in [6.07, 6.45) is 4.12. The van der Waals surface area contributed by atoms with Gasteiger partial charge in [-0.1, -0.05) is 25.1 Å². The Balaban J connectivity index is 1.78. The van der Waals surface area contributed by atoms with Crippen LogP contribution in [0.15, 0.2) is 24.3 Å². The van der Waals surface area contributed by atoms with Crippen LogP contribution in [-0.4, -0.2) is 18.7 Å². The molecule has 1 aromatic carbocycles. The van der Waals surface area contributed by atoms with Crippen molar-refractivity contribution >= 4 is 0 Å². The molecule has 0 aromatic heterocycles. The lowest BCUT2D eigenvalue weighted by atomic mass is 10.1. The van der Waals surface area contributed by atoms with Gasteiger partial charge in [0.25, 0.3) is 0 Å². The van der Waals surface area contributed by atoms with Gasteiger partial charge < -0.3 is 4.74 Å². The third-order valence-electron chi connectivity index (χ3n) is 3.19. The second kappa shape index (κ2) is 6.42. The molecule has 96 valence electrons. The monoisotopic (exact) mass is 244 g/mol. The van der Waals surface area contributed by atoms with Crippen molar-refractivity contribution in [1.29, 1.82) is 5.26 Å². The van der Waals surface area contributed by atoms with Crippen molar-refractivity contribution in [2.75, 3.05) is 6.61 Å². The van der Waals surface area contributed by atoms with Crippen LogP contribution in [0, 0.1) is 11.3 Å². The second-order valence-corrected chi connectivity index (χ2v) is 4.72. The maximum Gasteiger partial charge on any atom is 0.122 e. The molecule has 1 saturated carbocycles. The van der Waals surface area contributed by atoms with E-state index in [0.29, 0.717) is 12.6 Å². The highest BCUT2D eigenvalue weighted by Crippen LogP contribution is 2.21. The molecule has 0 heterocycles. The highest BCUT2D eigenvalue weighted by Gasteiger charge is 2.24. The van der Waals surface area contributed by atoms with E-state index in [-0.39, 0.29) is 6.04 Å². The summed E-state index contributed by atoms with van der Waals surface area (Å²) in [5, 5.41) is 12.3. The second-order valence-electron chi connectivity index (χ2n) is 4.72. The minimum absolute atomic E-state index is 0.0775. The summed E-state index contributed by atoms with van der Waals surface area (Å²) >= 11 is 0. The zero-order valence-electron chi connectivity index (χ0n) is 10.9. The molecule has 1 N–H and O–H groups in total. The molecule has 1 aliphatic carbocycles. The lowest BCUT2D eigenvalue weighted by Gasteiger charge is -2.13. The van der Waals surface area contributed by atoms with E-state index in [1.807, 2.05) is 18.2 Å². The molecule has 1 unspecified atom stereocenters. The van der Waals surface area contributed by atoms with E-state index in [4.69, 9.17) is 10.00 Å². The van der Waals surface area contributed by atoms with Gasteiger partial charge in [0.05, 0.1) is 18.7 Å². The Hall–Kier alpha value is -1.53. The smallest absolute Gasteiger partial charge is 0.122 e. The Morgan fingerprint density at radius 3 is 2.89 bits per heavy atom. The summed E-state index contributed by atoms with van der Waals surface area (Å²) < 4.78 is 5.77. The number of para-hydroxylation sites is 1. The zero-order valence-corrected chi connectivity index (χ0v) is 10.9. The predicted octanol–water partition coefficient (Wildman–Crippen LogP) is 2.66. The first-order valence-electron chi connectivity index (χ1n) is 6.70. The van der Waals surface area contributed by atoms with E-state index < -0.39 is 0 Å². The number of hydrogen-bond donors (Lipinski definition) is 1. The summed E-state index contributed by atoms with van der Waals surface area (Å²) in [7, 11) is 0. The van der Waals surface area contributed by atoms with Crippen LogP contribution in [0.3, 0.4) is 0 Å². The number of benzene rings is 1. The van der Waals surface area contributed by atoms with Crippen LogP contribution in [0.25, 0.3) is 0 Å². The Bertz CT molecular complexity index is 421. The van der Waals surface area contributed by atoms with Gasteiger partial charge in [-0.3, -0.25) is 5.32 Å². The molecule has 0 bridgehead atoms. The lowest BCUT2D eigenvalue weighted by molar-refractivity contribution is 0.295. The van der Waals surface area contributed by atoms with Gasteiger partial charge in [-0.2, -0.15) is 5.26 Å². The fraction of sp³-hybridized carbons (Fsp3) is 0.533. The van der Waals surface area contributed by atoms with Crippen molar-refractivity contribution in [3.05, 3.63) is 29.8 Å². The van der Waals surface area contributed by atoms with Crippen molar-refractivity contribution in [2.45, 2.75) is 44.7 Å². The predicted molar refractivity (Wildman–Crippen MR) is 71.5 cm³/mol. The topological polar surface area (TPSA) is 45.0 Å². The largest absolute Gasteiger partial charge is 0.493 e. The molecule has 1 atom stereocenters. The number of nitrogens with one attached hydrogen (secondary N) is 1. The molecule has 1 aromatic rings. The van der Waals surface area contributed by atoms with Crippen LogP contribution in [-0.2, 0) is 6.42 Å². The highest BCUT2D eigenvalue weighted by atomic mass is 16.5. The third-order valence-corrected chi connectivity index (χ3v) is 3.19. The van der Waals surface area contributed by atoms with Gasteiger partial charge in [0.15, 0.2) is 0 Å². The number of nitrogens with zero attached hydrogens (tertiary/aromatic N) is 1. The van der Waals surface area contributed by atoms with Gasteiger partial charge in [0.2, 0.25) is 0 Å². The van der Waals surface area contributed by atoms with Crippen LogP contribution in [0.4, 0.5) is 0 Å². The molecule has 0 amide bonds. The van der Waals surface area contributed by atoms with Gasteiger partial charge >= 0.3 is 0 Å². The number of hydrogen-bond acceptors (Lipinski definition) is 3. The van der Waals surface area contributed by atoms with Gasteiger partial charge in [0.1, 0.15) is 5.75 Å². The first kappa shape index (κ1) is 12.9. The first-order valence-corrected chi connectivity index (χ1v) is 6.70. The van der Waals surface area contributed by atoms with Crippen molar-refractivity contribution in [2.24, 2.45) is 0 Å². The lowest BCUT2D eigenvalue weighted by Crippen LogP contribution is -2.31. The number of nitriles is 1. The van der Waals surface area contributed by atoms with E-state index in [2.05, 4.69) is 24.4 Å². The summed E-state index contributed by atoms with van der Waals surface area (Å²) in [4.78, 5) is 0. The van der Waals surface area contributed by atoms with E-state index in [0.717, 1.165) is 18.6 Å². The molecule has 3 heteroatoms. The molecule has 2 rings (SSSR count). The SMILES string of the molecule is CCc1ccccc1OCCC(C#N)NC1CC1. The first-order chi connectivity index (χ1) is 8.83. The maximum atomic E-state index is 9.03. The van der Waals surface area contributed by atoms with Crippen molar-refractivity contribution in [3.8, 4) is 11.8 Å². The fourth-order valence-electron chi connectivity index (χ4n) is 1.94. The molecule has 1 aliphatic rings. The molecule has 1 fully saturated rings. The normalized spacial score (nSPS) is 16.0. The standard InChI is InChI=1S/C15H20N2O/c1-2-12-5-3-4-6-15(12)18-10-9-14(11-16)17-13-7-8-13/h3-6,13-14,17H,2,7-10H2,1H3. The highest BCUT2D eigenvalue weighted by molar-refractivity contribution is 5.33. The van der Waals surface area contributed by atoms with Crippen molar-refractivity contribution < 1.29 is 4.74 Å². The average Bonchev–Trinajstić information content (AvgIpc) is 3.22. The summed E-state index contributed by atoms with van der Waals surface area (Å²) in [5.74, 6) is 0.947. The van der Waals surface area contributed by atoms with Crippen LogP contribution in [0.1, 0.15) is 31.7 Å². The molecule has 18 heavy (non-hydrogen) atoms. The zero-order chi connectivity index (χ0) is 12.8. The Labute approximate surface area is 109 Å². The molecular formula is C15H20N2O. The third kappa shape index (κ3) is 3.75. The maximum absolute atomic E-state index is 9.03. The minimum atomic E-state index is -0.0775. The molecule has 0 spiro atoms. The average molecular weight is 244 g/mol. The van der Waals surface area contributed by atoms with E-state index in [9.17, 15) is 0 Å². The van der Waals surface area contributed by atoms with Crippen LogP contribution in [0.5, 0.6) is 5.75 Å². The summed E-state index contributed by atoms with van der Waals surface area (Å²) in [6.45, 7) is 2.71. The van der Waals surface area contributed by atoms with E-state index >= 15 is 0 Å². The Kier molecular flexibility index (Phi) is 4.60. The van der Waals surface area contributed by atoms with Gasteiger partial charge in [-0.15, -0.1) is 0 Å². The molecule has 0 saturated heterocycles. The summed E-state index contributed by atoms with van der Waals surface area (Å²) in [5.41, 5.74) is 1.22. The number of rotatable bonds is 7. The molecule has 0 aliphatic heterocycles. The Morgan fingerprint density at radius 1 is 1.44 bits per heavy atom. The van der Waals surface area contributed by atoms with Crippen LogP contribution < -0.4 is 10.1 Å².